The Morgan fingerprint density at radius 2 is 1.83 bits per heavy atom. The summed E-state index contributed by atoms with van der Waals surface area (Å²) in [6, 6.07) is 18.1. The summed E-state index contributed by atoms with van der Waals surface area (Å²) in [6.07, 6.45) is 2.93. The van der Waals surface area contributed by atoms with Crippen LogP contribution in [-0.2, 0) is 16.6 Å². The molecule has 0 aliphatic heterocycles. The summed E-state index contributed by atoms with van der Waals surface area (Å²) in [5.74, 6) is 0.585. The first kappa shape index (κ1) is 23.6. The smallest absolute Gasteiger partial charge is 0.230 e. The van der Waals surface area contributed by atoms with Gasteiger partial charge >= 0.3 is 0 Å². The van der Waals surface area contributed by atoms with E-state index >= 15 is 0 Å². The number of halogens is 2. The van der Waals surface area contributed by atoms with Crippen LogP contribution in [0.25, 0.3) is 10.2 Å². The molecular formula is C22H27Cl2N3OS. The molecule has 1 fully saturated rings. The van der Waals surface area contributed by atoms with Crippen LogP contribution in [0.2, 0.25) is 0 Å². The standard InChI is InChI=1S/C22H25N3OS.2ClH/c1-22(16-7-3-2-4-8-16,21(26)24-14-17(23)15-11-12-15)13-20-25-18-9-5-6-10-19(18)27-20;;/h2-10,15,17H,11-14,23H2,1H3,(H,24,26);2*1H. The van der Waals surface area contributed by atoms with Crippen LogP contribution in [0, 0.1) is 5.92 Å². The monoisotopic (exact) mass is 451 g/mol. The predicted molar refractivity (Wildman–Crippen MR) is 125 cm³/mol. The maximum absolute atomic E-state index is 13.2. The van der Waals surface area contributed by atoms with Crippen LogP contribution < -0.4 is 11.1 Å². The van der Waals surface area contributed by atoms with E-state index in [0.717, 1.165) is 20.8 Å². The quantitative estimate of drug-likeness (QED) is 0.555. The Morgan fingerprint density at radius 1 is 1.17 bits per heavy atom. The summed E-state index contributed by atoms with van der Waals surface area (Å²) in [7, 11) is 0. The molecule has 0 spiro atoms. The first-order valence-electron chi connectivity index (χ1n) is 9.50. The maximum Gasteiger partial charge on any atom is 0.230 e. The van der Waals surface area contributed by atoms with E-state index in [2.05, 4.69) is 11.4 Å². The van der Waals surface area contributed by atoms with Gasteiger partial charge in [0.05, 0.1) is 20.6 Å². The van der Waals surface area contributed by atoms with Gasteiger partial charge in [-0.2, -0.15) is 0 Å². The number of nitrogens with one attached hydrogen (secondary N) is 1. The minimum Gasteiger partial charge on any atom is -0.354 e. The van der Waals surface area contributed by atoms with E-state index in [-0.39, 0.29) is 36.8 Å². The minimum absolute atomic E-state index is 0. The van der Waals surface area contributed by atoms with Gasteiger partial charge in [0, 0.05) is 19.0 Å². The second kappa shape index (κ2) is 9.90. The summed E-state index contributed by atoms with van der Waals surface area (Å²) in [4.78, 5) is 18.0. The van der Waals surface area contributed by atoms with Gasteiger partial charge in [-0.15, -0.1) is 36.2 Å². The van der Waals surface area contributed by atoms with Crippen LogP contribution in [-0.4, -0.2) is 23.5 Å². The topological polar surface area (TPSA) is 68.0 Å². The predicted octanol–water partition coefficient (Wildman–Crippen LogP) is 4.49. The molecule has 3 aromatic rings. The molecule has 0 radical (unpaired) electrons. The number of nitrogens with two attached hydrogens (primary N) is 1. The summed E-state index contributed by atoms with van der Waals surface area (Å²) < 4.78 is 1.15. The number of carbonyl (C=O) groups is 1. The molecule has 2 atom stereocenters. The Morgan fingerprint density at radius 3 is 2.48 bits per heavy atom. The molecule has 4 rings (SSSR count). The summed E-state index contributed by atoms with van der Waals surface area (Å²) in [5, 5.41) is 4.09. The molecule has 1 aromatic heterocycles. The lowest BCUT2D eigenvalue weighted by atomic mass is 9.78. The molecule has 4 nitrogen and oxygen atoms in total. The second-order valence-corrected chi connectivity index (χ2v) is 8.78. The Bertz CT molecular complexity index is 912. The van der Waals surface area contributed by atoms with Gasteiger partial charge in [-0.05, 0) is 43.4 Å². The maximum atomic E-state index is 13.2. The first-order valence-corrected chi connectivity index (χ1v) is 10.3. The number of nitrogens with zero attached hydrogens (tertiary/aromatic N) is 1. The molecule has 1 aliphatic rings. The molecule has 1 saturated carbocycles. The lowest BCUT2D eigenvalue weighted by Gasteiger charge is -2.29. The molecule has 2 unspecified atom stereocenters. The Hall–Kier alpha value is -1.66. The number of fused-ring (bicyclic) bond motifs is 1. The van der Waals surface area contributed by atoms with Crippen molar-refractivity contribution < 1.29 is 4.79 Å². The zero-order chi connectivity index (χ0) is 18.9. The Kier molecular flexibility index (Phi) is 8.06. The van der Waals surface area contributed by atoms with Gasteiger partial charge < -0.3 is 11.1 Å². The Labute approximate surface area is 188 Å². The zero-order valence-corrected chi connectivity index (χ0v) is 18.8. The van der Waals surface area contributed by atoms with Crippen LogP contribution >= 0.6 is 36.2 Å². The van der Waals surface area contributed by atoms with Gasteiger partial charge in [-0.1, -0.05) is 42.5 Å². The Balaban J connectivity index is 0.00000150. The van der Waals surface area contributed by atoms with E-state index in [4.69, 9.17) is 10.7 Å². The molecule has 156 valence electrons. The van der Waals surface area contributed by atoms with Crippen molar-refractivity contribution in [2.24, 2.45) is 11.7 Å². The molecule has 1 amide bonds. The highest BCUT2D eigenvalue weighted by Gasteiger charge is 2.37. The number of hydrogen-bond donors (Lipinski definition) is 2. The minimum atomic E-state index is -0.682. The van der Waals surface area contributed by atoms with Crippen LogP contribution in [0.1, 0.15) is 30.3 Å². The van der Waals surface area contributed by atoms with Crippen LogP contribution in [0.3, 0.4) is 0 Å². The highest BCUT2D eigenvalue weighted by Crippen LogP contribution is 2.33. The van der Waals surface area contributed by atoms with Crippen LogP contribution in [0.5, 0.6) is 0 Å². The number of para-hydroxylation sites is 1. The van der Waals surface area contributed by atoms with E-state index in [1.165, 1.54) is 12.8 Å². The van der Waals surface area contributed by atoms with Gasteiger partial charge in [0.25, 0.3) is 0 Å². The lowest BCUT2D eigenvalue weighted by molar-refractivity contribution is -0.126. The highest BCUT2D eigenvalue weighted by atomic mass is 35.5. The average Bonchev–Trinajstić information content (AvgIpc) is 3.46. The summed E-state index contributed by atoms with van der Waals surface area (Å²) in [5.41, 5.74) is 7.50. The van der Waals surface area contributed by atoms with Crippen molar-refractivity contribution in [2.45, 2.75) is 37.6 Å². The van der Waals surface area contributed by atoms with Crippen molar-refractivity contribution in [1.29, 1.82) is 0 Å². The van der Waals surface area contributed by atoms with Crippen molar-refractivity contribution in [3.05, 3.63) is 65.2 Å². The number of benzene rings is 2. The zero-order valence-electron chi connectivity index (χ0n) is 16.3. The molecule has 1 heterocycles. The third-order valence-electron chi connectivity index (χ3n) is 5.48. The van der Waals surface area contributed by atoms with E-state index in [1.807, 2.05) is 55.5 Å². The number of thiazole rings is 1. The van der Waals surface area contributed by atoms with Gasteiger partial charge in [0.2, 0.25) is 5.91 Å². The molecule has 7 heteroatoms. The van der Waals surface area contributed by atoms with Crippen molar-refractivity contribution in [2.75, 3.05) is 6.54 Å². The van der Waals surface area contributed by atoms with E-state index in [9.17, 15) is 4.79 Å². The fraction of sp³-hybridized carbons (Fsp3) is 0.364. The van der Waals surface area contributed by atoms with Crippen molar-refractivity contribution >= 4 is 52.3 Å². The fourth-order valence-corrected chi connectivity index (χ4v) is 4.64. The average molecular weight is 452 g/mol. The van der Waals surface area contributed by atoms with E-state index < -0.39 is 5.41 Å². The molecule has 1 aliphatic carbocycles. The number of hydrogen-bond acceptors (Lipinski definition) is 4. The normalized spacial score (nSPS) is 16.2. The third-order valence-corrected chi connectivity index (χ3v) is 6.52. The molecule has 3 N–H and O–H groups in total. The van der Waals surface area contributed by atoms with E-state index in [0.29, 0.717) is 18.9 Å². The van der Waals surface area contributed by atoms with Gasteiger partial charge in [-0.3, -0.25) is 4.79 Å². The van der Waals surface area contributed by atoms with Crippen molar-refractivity contribution in [3.63, 3.8) is 0 Å². The molecule has 0 bridgehead atoms. The largest absolute Gasteiger partial charge is 0.354 e. The molecular weight excluding hydrogens is 425 g/mol. The second-order valence-electron chi connectivity index (χ2n) is 7.66. The number of amides is 1. The first-order chi connectivity index (χ1) is 13.1. The van der Waals surface area contributed by atoms with Gasteiger partial charge in [0.15, 0.2) is 0 Å². The SMILES string of the molecule is CC(Cc1nc2ccccc2s1)(C(=O)NCC(N)C1CC1)c1ccccc1.Cl.Cl. The number of aromatic nitrogens is 1. The number of rotatable bonds is 7. The van der Waals surface area contributed by atoms with Crippen molar-refractivity contribution in [3.8, 4) is 0 Å². The van der Waals surface area contributed by atoms with Crippen molar-refractivity contribution in [1.82, 2.24) is 10.3 Å². The molecule has 29 heavy (non-hydrogen) atoms. The molecule has 0 saturated heterocycles. The van der Waals surface area contributed by atoms with Crippen LogP contribution in [0.4, 0.5) is 0 Å². The number of carbonyl (C=O) groups excluding carboxylic acids is 1. The van der Waals surface area contributed by atoms with Crippen LogP contribution in [0.15, 0.2) is 54.6 Å². The van der Waals surface area contributed by atoms with E-state index in [1.54, 1.807) is 11.3 Å². The third kappa shape index (κ3) is 5.28. The summed E-state index contributed by atoms with van der Waals surface area (Å²) >= 11 is 1.66. The fourth-order valence-electron chi connectivity index (χ4n) is 3.51. The summed E-state index contributed by atoms with van der Waals surface area (Å²) in [6.45, 7) is 2.54. The van der Waals surface area contributed by atoms with Gasteiger partial charge in [0.1, 0.15) is 0 Å². The highest BCUT2D eigenvalue weighted by molar-refractivity contribution is 7.18. The lowest BCUT2D eigenvalue weighted by Crippen LogP contribution is -2.48. The van der Waals surface area contributed by atoms with Gasteiger partial charge in [-0.25, -0.2) is 4.98 Å². The molecule has 2 aromatic carbocycles.